The van der Waals surface area contributed by atoms with Crippen LogP contribution in [0.1, 0.15) is 12.8 Å². The van der Waals surface area contributed by atoms with Crippen molar-refractivity contribution in [3.8, 4) is 11.5 Å². The zero-order valence-corrected chi connectivity index (χ0v) is 17.9. The van der Waals surface area contributed by atoms with Gasteiger partial charge < -0.3 is 15.2 Å². The smallest absolute Gasteiger partial charge is 0.244 e. The van der Waals surface area contributed by atoms with Gasteiger partial charge in [-0.25, -0.2) is 16.8 Å². The number of rotatable bonds is 4. The van der Waals surface area contributed by atoms with Gasteiger partial charge in [-0.05, 0) is 43.2 Å². The molecule has 2 N–H and O–H groups in total. The van der Waals surface area contributed by atoms with E-state index in [0.717, 1.165) is 0 Å². The van der Waals surface area contributed by atoms with Gasteiger partial charge in [0.05, 0.1) is 16.5 Å². The normalized spacial score (nSPS) is 18.7. The van der Waals surface area contributed by atoms with Crippen molar-refractivity contribution in [3.63, 3.8) is 0 Å². The van der Waals surface area contributed by atoms with Gasteiger partial charge in [0.25, 0.3) is 0 Å². The number of hydrogen-bond acceptors (Lipinski definition) is 7. The molecule has 2 aliphatic rings. The quantitative estimate of drug-likeness (QED) is 0.696. The molecule has 0 unspecified atom stereocenters. The van der Waals surface area contributed by atoms with Crippen LogP contribution in [0.15, 0.2) is 52.3 Å². The second kappa shape index (κ2) is 8.06. The highest BCUT2D eigenvalue weighted by molar-refractivity contribution is 7.90. The lowest BCUT2D eigenvalue weighted by Crippen LogP contribution is -2.42. The van der Waals surface area contributed by atoms with Gasteiger partial charge in [0.15, 0.2) is 11.5 Å². The standard InChI is InChI=1S/C19H23N3O6S2/c20-15-4-3-5-16(12-15)29(23,24)21-8-1-2-9-22(14-21)30(25,26)17-6-7-18-19(13-17)28-11-10-27-18/h3-7,12-13H,1-2,8-11,14,20H2. The Morgan fingerprint density at radius 1 is 0.767 bits per heavy atom. The van der Waals surface area contributed by atoms with Crippen molar-refractivity contribution in [1.29, 1.82) is 0 Å². The predicted molar refractivity (Wildman–Crippen MR) is 110 cm³/mol. The van der Waals surface area contributed by atoms with Crippen LogP contribution in [-0.4, -0.2) is 58.4 Å². The number of nitrogens with zero attached hydrogens (tertiary/aromatic N) is 2. The van der Waals surface area contributed by atoms with Crippen LogP contribution in [-0.2, 0) is 20.0 Å². The van der Waals surface area contributed by atoms with Crippen molar-refractivity contribution < 1.29 is 26.3 Å². The van der Waals surface area contributed by atoms with Crippen LogP contribution in [0.4, 0.5) is 5.69 Å². The van der Waals surface area contributed by atoms with E-state index in [4.69, 9.17) is 15.2 Å². The first kappa shape index (κ1) is 20.9. The Kier molecular flexibility index (Phi) is 5.62. The summed E-state index contributed by atoms with van der Waals surface area (Å²) in [5.74, 6) is 0.850. The topological polar surface area (TPSA) is 119 Å². The van der Waals surface area contributed by atoms with Crippen LogP contribution >= 0.6 is 0 Å². The molecule has 1 fully saturated rings. The SMILES string of the molecule is Nc1cccc(S(=O)(=O)N2CCCCN(S(=O)(=O)c3ccc4c(c3)OCCO4)C2)c1. The number of ether oxygens (including phenoxy) is 2. The van der Waals surface area contributed by atoms with E-state index in [1.807, 2.05) is 0 Å². The molecule has 0 aromatic heterocycles. The number of sulfonamides is 2. The maximum Gasteiger partial charge on any atom is 0.244 e. The first-order chi connectivity index (χ1) is 14.3. The molecule has 4 rings (SSSR count). The first-order valence-electron chi connectivity index (χ1n) is 9.54. The molecule has 0 spiro atoms. The zero-order chi connectivity index (χ0) is 21.4. The van der Waals surface area contributed by atoms with Gasteiger partial charge in [-0.3, -0.25) is 0 Å². The highest BCUT2D eigenvalue weighted by Crippen LogP contribution is 2.33. The third-order valence-corrected chi connectivity index (χ3v) is 8.68. The summed E-state index contributed by atoms with van der Waals surface area (Å²) < 4.78 is 66.1. The lowest BCUT2D eigenvalue weighted by molar-refractivity contribution is 0.171. The van der Waals surface area contributed by atoms with Crippen LogP contribution in [0.25, 0.3) is 0 Å². The number of fused-ring (bicyclic) bond motifs is 1. The maximum absolute atomic E-state index is 13.3. The molecule has 2 aromatic carbocycles. The summed E-state index contributed by atoms with van der Waals surface area (Å²) in [6, 6.07) is 10.4. The summed E-state index contributed by atoms with van der Waals surface area (Å²) in [6.07, 6.45) is 1.10. The van der Waals surface area contributed by atoms with Crippen molar-refractivity contribution in [2.45, 2.75) is 22.6 Å². The first-order valence-corrected chi connectivity index (χ1v) is 12.4. The fourth-order valence-electron chi connectivity index (χ4n) is 3.44. The van der Waals surface area contributed by atoms with Crippen LogP contribution in [0.3, 0.4) is 0 Å². The van der Waals surface area contributed by atoms with E-state index >= 15 is 0 Å². The molecule has 30 heavy (non-hydrogen) atoms. The highest BCUT2D eigenvalue weighted by atomic mass is 32.2. The molecule has 162 valence electrons. The van der Waals surface area contributed by atoms with E-state index in [9.17, 15) is 16.8 Å². The van der Waals surface area contributed by atoms with E-state index in [2.05, 4.69) is 0 Å². The summed E-state index contributed by atoms with van der Waals surface area (Å²) in [5, 5.41) is 0. The number of nitrogen functional groups attached to an aromatic ring is 1. The van der Waals surface area contributed by atoms with Gasteiger partial charge in [0, 0.05) is 24.8 Å². The summed E-state index contributed by atoms with van der Waals surface area (Å²) >= 11 is 0. The van der Waals surface area contributed by atoms with Crippen molar-refractivity contribution in [1.82, 2.24) is 8.61 Å². The van der Waals surface area contributed by atoms with Gasteiger partial charge in [0.2, 0.25) is 20.0 Å². The number of nitrogens with two attached hydrogens (primary N) is 1. The minimum Gasteiger partial charge on any atom is -0.486 e. The Labute approximate surface area is 176 Å². The van der Waals surface area contributed by atoms with Crippen molar-refractivity contribution in [3.05, 3.63) is 42.5 Å². The minimum atomic E-state index is -3.94. The molecule has 0 aliphatic carbocycles. The average molecular weight is 454 g/mol. The Bertz CT molecular complexity index is 1150. The highest BCUT2D eigenvalue weighted by Gasteiger charge is 2.34. The number of anilines is 1. The Morgan fingerprint density at radius 2 is 1.37 bits per heavy atom. The number of benzene rings is 2. The van der Waals surface area contributed by atoms with E-state index in [1.54, 1.807) is 18.2 Å². The largest absolute Gasteiger partial charge is 0.486 e. The molecule has 0 bridgehead atoms. The molecule has 0 atom stereocenters. The van der Waals surface area contributed by atoms with E-state index in [0.29, 0.717) is 43.2 Å². The fraction of sp³-hybridized carbons (Fsp3) is 0.368. The second-order valence-electron chi connectivity index (χ2n) is 7.09. The van der Waals surface area contributed by atoms with Gasteiger partial charge in [-0.15, -0.1) is 0 Å². The molecular weight excluding hydrogens is 430 g/mol. The van der Waals surface area contributed by atoms with E-state index < -0.39 is 20.0 Å². The summed E-state index contributed by atoms with van der Waals surface area (Å²) in [5.41, 5.74) is 6.06. The van der Waals surface area contributed by atoms with Gasteiger partial charge in [0.1, 0.15) is 13.2 Å². The van der Waals surface area contributed by atoms with Crippen molar-refractivity contribution >= 4 is 25.7 Å². The molecule has 9 nitrogen and oxygen atoms in total. The van der Waals surface area contributed by atoms with Crippen molar-refractivity contribution in [2.75, 3.05) is 38.7 Å². The van der Waals surface area contributed by atoms with Gasteiger partial charge >= 0.3 is 0 Å². The molecule has 1 saturated heterocycles. The maximum atomic E-state index is 13.3. The summed E-state index contributed by atoms with van der Waals surface area (Å²) in [6.45, 7) is 0.923. The lowest BCUT2D eigenvalue weighted by atomic mass is 10.3. The average Bonchev–Trinajstić information content (AvgIpc) is 3.01. The molecular formula is C19H23N3O6S2. The second-order valence-corrected chi connectivity index (χ2v) is 11.0. The van der Waals surface area contributed by atoms with Crippen molar-refractivity contribution in [2.24, 2.45) is 0 Å². The van der Waals surface area contributed by atoms with E-state index in [1.165, 1.54) is 32.9 Å². The Hall–Kier alpha value is -2.34. The molecule has 0 radical (unpaired) electrons. The zero-order valence-electron chi connectivity index (χ0n) is 16.2. The molecule has 2 aromatic rings. The molecule has 2 aliphatic heterocycles. The molecule has 0 saturated carbocycles. The third kappa shape index (κ3) is 3.97. The third-order valence-electron chi connectivity index (χ3n) is 5.03. The van der Waals surface area contributed by atoms with Gasteiger partial charge in [-0.2, -0.15) is 8.61 Å². The Balaban J connectivity index is 1.64. The summed E-state index contributed by atoms with van der Waals surface area (Å²) in [7, 11) is -7.83. The monoisotopic (exact) mass is 453 g/mol. The number of hydrogen-bond donors (Lipinski definition) is 1. The predicted octanol–water partition coefficient (Wildman–Crippen LogP) is 1.47. The molecule has 0 amide bonds. The van der Waals surface area contributed by atoms with Crippen LogP contribution in [0.5, 0.6) is 11.5 Å². The molecule has 11 heteroatoms. The van der Waals surface area contributed by atoms with Gasteiger partial charge in [-0.1, -0.05) is 6.07 Å². The molecule has 2 heterocycles. The Morgan fingerprint density at radius 3 is 2.00 bits per heavy atom. The summed E-state index contributed by atoms with van der Waals surface area (Å²) in [4.78, 5) is 0.0797. The van der Waals surface area contributed by atoms with E-state index in [-0.39, 0.29) is 29.5 Å². The fourth-order valence-corrected chi connectivity index (χ4v) is 6.47. The van der Waals surface area contributed by atoms with Crippen LogP contribution in [0.2, 0.25) is 0 Å². The lowest BCUT2D eigenvalue weighted by Gasteiger charge is -2.27. The minimum absolute atomic E-state index is 0.0370. The van der Waals surface area contributed by atoms with Crippen LogP contribution in [0, 0.1) is 0 Å². The van der Waals surface area contributed by atoms with Crippen LogP contribution < -0.4 is 15.2 Å².